The molecule has 0 aromatic carbocycles. The minimum absolute atomic E-state index is 0.416. The molecule has 0 saturated carbocycles. The third-order valence-electron chi connectivity index (χ3n) is 2.76. The summed E-state index contributed by atoms with van der Waals surface area (Å²) in [6, 6.07) is 0. The SMILES string of the molecule is CC(C)(C)C(O)(C(C)(C)C)C(F)(F)SOOO. The van der Waals surface area contributed by atoms with Crippen LogP contribution in [-0.4, -0.2) is 21.2 Å². The van der Waals surface area contributed by atoms with E-state index in [0.29, 0.717) is 0 Å². The molecule has 0 aromatic heterocycles. The molecule has 0 saturated heterocycles. The van der Waals surface area contributed by atoms with Gasteiger partial charge in [-0.25, -0.2) is 5.26 Å². The van der Waals surface area contributed by atoms with Crippen LogP contribution in [0.25, 0.3) is 0 Å². The molecule has 7 heteroatoms. The van der Waals surface area contributed by atoms with Crippen LogP contribution < -0.4 is 0 Å². The molecule has 0 bridgehead atoms. The Bertz CT molecular complexity index is 244. The van der Waals surface area contributed by atoms with E-state index in [1.807, 2.05) is 0 Å². The molecule has 0 aromatic rings. The topological polar surface area (TPSA) is 58.9 Å². The first-order valence-corrected chi connectivity index (χ1v) is 5.81. The molecule has 2 N–H and O–H groups in total. The van der Waals surface area contributed by atoms with Gasteiger partial charge in [0.15, 0.2) is 0 Å². The number of hydrogen-bond acceptors (Lipinski definition) is 5. The maximum Gasteiger partial charge on any atom is 0.349 e. The summed E-state index contributed by atoms with van der Waals surface area (Å²) in [6.07, 6.45) is 0. The summed E-state index contributed by atoms with van der Waals surface area (Å²) in [5.74, 6) is 0. The van der Waals surface area contributed by atoms with E-state index in [1.165, 1.54) is 41.5 Å². The third kappa shape index (κ3) is 3.08. The molecule has 0 aliphatic rings. The van der Waals surface area contributed by atoms with Crippen molar-refractivity contribution in [2.75, 3.05) is 0 Å². The van der Waals surface area contributed by atoms with E-state index in [1.54, 1.807) is 0 Å². The molecule has 0 amide bonds. The van der Waals surface area contributed by atoms with Crippen molar-refractivity contribution in [1.82, 2.24) is 0 Å². The van der Waals surface area contributed by atoms with Crippen LogP contribution in [0.2, 0.25) is 0 Å². The molecule has 0 fully saturated rings. The minimum atomic E-state index is -3.66. The molecule has 0 atom stereocenters. The molecule has 0 unspecified atom stereocenters. The number of halogens is 2. The predicted molar refractivity (Wildman–Crippen MR) is 61.2 cm³/mol. The fourth-order valence-corrected chi connectivity index (χ4v) is 2.97. The average Bonchev–Trinajstić information content (AvgIpc) is 2.09. The summed E-state index contributed by atoms with van der Waals surface area (Å²) < 4.78 is 31.9. The van der Waals surface area contributed by atoms with Crippen LogP contribution in [0.5, 0.6) is 0 Å². The van der Waals surface area contributed by atoms with Crippen molar-refractivity contribution in [3.63, 3.8) is 0 Å². The lowest BCUT2D eigenvalue weighted by Crippen LogP contribution is -2.63. The van der Waals surface area contributed by atoms with Crippen LogP contribution in [0, 0.1) is 10.8 Å². The number of aliphatic hydroxyl groups is 1. The molecule has 0 aliphatic heterocycles. The van der Waals surface area contributed by atoms with E-state index >= 15 is 0 Å². The van der Waals surface area contributed by atoms with Crippen molar-refractivity contribution < 1.29 is 28.5 Å². The predicted octanol–water partition coefficient (Wildman–Crippen LogP) is 3.47. The largest absolute Gasteiger partial charge is 0.381 e. The Morgan fingerprint density at radius 3 is 1.53 bits per heavy atom. The smallest absolute Gasteiger partial charge is 0.349 e. The molecule has 104 valence electrons. The molecule has 0 heterocycles. The van der Waals surface area contributed by atoms with Gasteiger partial charge in [0, 0.05) is 0 Å². The van der Waals surface area contributed by atoms with Crippen molar-refractivity contribution in [3.8, 4) is 0 Å². The van der Waals surface area contributed by atoms with Crippen molar-refractivity contribution in [2.45, 2.75) is 52.4 Å². The Morgan fingerprint density at radius 2 is 1.29 bits per heavy atom. The van der Waals surface area contributed by atoms with Crippen LogP contribution in [0.3, 0.4) is 0 Å². The van der Waals surface area contributed by atoms with Gasteiger partial charge in [0.25, 0.3) is 0 Å². The van der Waals surface area contributed by atoms with Crippen LogP contribution in [0.4, 0.5) is 8.78 Å². The lowest BCUT2D eigenvalue weighted by molar-refractivity contribution is -0.434. The van der Waals surface area contributed by atoms with Crippen molar-refractivity contribution in [1.29, 1.82) is 0 Å². The maximum absolute atomic E-state index is 14.0. The van der Waals surface area contributed by atoms with Gasteiger partial charge in [-0.2, -0.15) is 8.78 Å². The molecule has 17 heavy (non-hydrogen) atoms. The zero-order valence-corrected chi connectivity index (χ0v) is 11.7. The summed E-state index contributed by atoms with van der Waals surface area (Å²) in [6.45, 7) is 9.04. The summed E-state index contributed by atoms with van der Waals surface area (Å²) in [5, 5.41) is 17.9. The van der Waals surface area contributed by atoms with E-state index in [-0.39, 0.29) is 0 Å². The molecule has 0 radical (unpaired) electrons. The molecular weight excluding hydrogens is 254 g/mol. The molecular formula is C10H20F2O4S. The highest BCUT2D eigenvalue weighted by atomic mass is 32.2. The van der Waals surface area contributed by atoms with E-state index in [2.05, 4.69) is 9.37 Å². The second kappa shape index (κ2) is 4.97. The Balaban J connectivity index is 5.49. The first-order chi connectivity index (χ1) is 7.31. The zero-order valence-electron chi connectivity index (χ0n) is 10.9. The fraction of sp³-hybridized carbons (Fsp3) is 1.00. The Morgan fingerprint density at radius 1 is 0.941 bits per heavy atom. The van der Waals surface area contributed by atoms with Gasteiger partial charge in [0.05, 0.1) is 0 Å². The Hall–Kier alpha value is 0.0500. The lowest BCUT2D eigenvalue weighted by atomic mass is 9.62. The second-order valence-electron chi connectivity index (χ2n) is 5.95. The standard InChI is InChI=1S/C10H20F2O4S/c1-7(2,3)9(13,8(4,5)6)10(11,12)17-16-15-14/h13-14H,1-6H3. The number of hydrogen-bond donors (Lipinski definition) is 2. The molecule has 4 nitrogen and oxygen atoms in total. The van der Waals surface area contributed by atoms with Crippen molar-refractivity contribution in [2.24, 2.45) is 10.8 Å². The summed E-state index contributed by atoms with van der Waals surface area (Å²) in [5.41, 5.74) is -4.59. The highest BCUT2D eigenvalue weighted by Crippen LogP contribution is 2.56. The quantitative estimate of drug-likeness (QED) is 0.467. The fourth-order valence-electron chi connectivity index (χ4n) is 2.12. The van der Waals surface area contributed by atoms with Crippen LogP contribution in [0.1, 0.15) is 41.5 Å². The van der Waals surface area contributed by atoms with Gasteiger partial charge in [-0.3, -0.25) is 0 Å². The van der Waals surface area contributed by atoms with Crippen molar-refractivity contribution >= 4 is 12.0 Å². The second-order valence-corrected chi connectivity index (χ2v) is 6.77. The summed E-state index contributed by atoms with van der Waals surface area (Å²) >= 11 is -0.416. The Kier molecular flexibility index (Phi) is 4.98. The third-order valence-corrected chi connectivity index (χ3v) is 3.39. The first kappa shape index (κ1) is 17.1. The molecule has 0 rings (SSSR count). The number of alkyl halides is 2. The van der Waals surface area contributed by atoms with Crippen molar-refractivity contribution in [3.05, 3.63) is 0 Å². The van der Waals surface area contributed by atoms with Crippen LogP contribution >= 0.6 is 12.0 Å². The normalized spacial score (nSPS) is 15.2. The Labute approximate surface area is 104 Å². The summed E-state index contributed by atoms with van der Waals surface area (Å²) in [4.78, 5) is 0. The first-order valence-electron chi connectivity index (χ1n) is 5.07. The van der Waals surface area contributed by atoms with E-state index in [4.69, 9.17) is 5.26 Å². The van der Waals surface area contributed by atoms with Gasteiger partial charge in [-0.15, -0.1) is 4.33 Å². The number of rotatable bonds is 4. The van der Waals surface area contributed by atoms with Gasteiger partial charge < -0.3 is 5.11 Å². The minimum Gasteiger partial charge on any atom is -0.381 e. The van der Waals surface area contributed by atoms with Gasteiger partial charge in [0.1, 0.15) is 17.6 Å². The highest BCUT2D eigenvalue weighted by Gasteiger charge is 2.66. The van der Waals surface area contributed by atoms with Gasteiger partial charge in [0.2, 0.25) is 0 Å². The maximum atomic E-state index is 14.0. The lowest BCUT2D eigenvalue weighted by Gasteiger charge is -2.51. The molecule has 0 aliphatic carbocycles. The van der Waals surface area contributed by atoms with Gasteiger partial charge in [-0.1, -0.05) is 46.6 Å². The van der Waals surface area contributed by atoms with Crippen LogP contribution in [-0.2, 0) is 9.37 Å². The van der Waals surface area contributed by atoms with E-state index < -0.39 is 33.7 Å². The van der Waals surface area contributed by atoms with E-state index in [9.17, 15) is 13.9 Å². The summed E-state index contributed by atoms with van der Waals surface area (Å²) in [7, 11) is 0. The molecule has 0 spiro atoms. The van der Waals surface area contributed by atoms with Gasteiger partial charge >= 0.3 is 5.25 Å². The zero-order chi connectivity index (χ0) is 14.1. The monoisotopic (exact) mass is 274 g/mol. The highest BCUT2D eigenvalue weighted by molar-refractivity contribution is 7.95. The van der Waals surface area contributed by atoms with E-state index in [0.717, 1.165) is 0 Å². The van der Waals surface area contributed by atoms with Crippen LogP contribution in [0.15, 0.2) is 0 Å². The van der Waals surface area contributed by atoms with Gasteiger partial charge in [-0.05, 0) is 10.8 Å². The average molecular weight is 274 g/mol.